The van der Waals surface area contributed by atoms with Gasteiger partial charge >= 0.3 is 11.9 Å². The second-order valence-electron chi connectivity index (χ2n) is 5.68. The molecule has 6 heteroatoms. The maximum Gasteiger partial charge on any atom is 0.328 e. The predicted molar refractivity (Wildman–Crippen MR) is 67.4 cm³/mol. The number of carboxylic acids is 1. The number of hydrogen-bond acceptors (Lipinski definition) is 4. The van der Waals surface area contributed by atoms with Gasteiger partial charge in [0.2, 0.25) is 5.91 Å². The van der Waals surface area contributed by atoms with Gasteiger partial charge in [-0.1, -0.05) is 13.8 Å². The van der Waals surface area contributed by atoms with Crippen molar-refractivity contribution in [2.24, 2.45) is 5.41 Å². The third kappa shape index (κ3) is 4.22. The summed E-state index contributed by atoms with van der Waals surface area (Å²) in [7, 11) is 1.30. The van der Waals surface area contributed by atoms with Gasteiger partial charge < -0.3 is 14.7 Å². The first-order valence-corrected chi connectivity index (χ1v) is 6.36. The maximum absolute atomic E-state index is 12.2. The van der Waals surface area contributed by atoms with Crippen LogP contribution in [0, 0.1) is 5.41 Å². The van der Waals surface area contributed by atoms with E-state index in [2.05, 4.69) is 4.74 Å². The molecular formula is C13H21NO5. The number of ether oxygens (including phenoxy) is 1. The van der Waals surface area contributed by atoms with E-state index in [1.165, 1.54) is 12.0 Å². The molecule has 108 valence electrons. The molecule has 0 aromatic heterocycles. The van der Waals surface area contributed by atoms with Crippen LogP contribution < -0.4 is 0 Å². The van der Waals surface area contributed by atoms with Crippen LogP contribution >= 0.6 is 0 Å². The van der Waals surface area contributed by atoms with Gasteiger partial charge in [-0.3, -0.25) is 9.59 Å². The highest BCUT2D eigenvalue weighted by molar-refractivity contribution is 5.85. The topological polar surface area (TPSA) is 83.9 Å². The molecule has 1 unspecified atom stereocenters. The van der Waals surface area contributed by atoms with Crippen molar-refractivity contribution >= 4 is 17.8 Å². The van der Waals surface area contributed by atoms with Crippen LogP contribution in [0.25, 0.3) is 0 Å². The van der Waals surface area contributed by atoms with E-state index in [-0.39, 0.29) is 18.7 Å². The minimum Gasteiger partial charge on any atom is -0.481 e. The van der Waals surface area contributed by atoms with Gasteiger partial charge in [-0.25, -0.2) is 4.79 Å². The number of aliphatic carboxylic acids is 1. The van der Waals surface area contributed by atoms with Crippen LogP contribution in [0.15, 0.2) is 0 Å². The summed E-state index contributed by atoms with van der Waals surface area (Å²) in [5.74, 6) is -1.51. The predicted octanol–water partition coefficient (Wildman–Crippen LogP) is 1.04. The summed E-state index contributed by atoms with van der Waals surface area (Å²) in [6.07, 6.45) is 1.42. The first-order valence-electron chi connectivity index (χ1n) is 6.36. The number of carboxylic acid groups (broad SMARTS) is 1. The molecule has 0 aromatic rings. The summed E-state index contributed by atoms with van der Waals surface area (Å²) in [6, 6.07) is -0.516. The highest BCUT2D eigenvalue weighted by Gasteiger charge is 2.37. The Kier molecular flexibility index (Phi) is 4.91. The summed E-state index contributed by atoms with van der Waals surface area (Å²) in [4.78, 5) is 36.0. The fourth-order valence-electron chi connectivity index (χ4n) is 2.43. The van der Waals surface area contributed by atoms with Crippen molar-refractivity contribution in [3.8, 4) is 0 Å². The molecule has 1 fully saturated rings. The zero-order valence-corrected chi connectivity index (χ0v) is 11.6. The van der Waals surface area contributed by atoms with Gasteiger partial charge in [-0.05, 0) is 18.3 Å². The van der Waals surface area contributed by atoms with Crippen LogP contribution in [0.5, 0.6) is 0 Å². The molecule has 0 saturated carbocycles. The number of amides is 1. The molecule has 0 radical (unpaired) electrons. The molecule has 1 saturated heterocycles. The average Bonchev–Trinajstić information content (AvgIpc) is 2.74. The Labute approximate surface area is 112 Å². The Balaban J connectivity index is 2.67. The number of esters is 1. The Hall–Kier alpha value is -1.59. The summed E-state index contributed by atoms with van der Waals surface area (Å²) >= 11 is 0. The summed E-state index contributed by atoms with van der Waals surface area (Å²) < 4.78 is 4.68. The van der Waals surface area contributed by atoms with E-state index >= 15 is 0 Å². The minimum absolute atomic E-state index is 0.0739. The molecule has 0 aliphatic carbocycles. The quantitative estimate of drug-likeness (QED) is 0.755. The van der Waals surface area contributed by atoms with E-state index in [4.69, 9.17) is 5.11 Å². The third-order valence-electron chi connectivity index (χ3n) is 3.31. The lowest BCUT2D eigenvalue weighted by Gasteiger charge is -2.28. The number of hydrogen-bond donors (Lipinski definition) is 1. The molecule has 1 aliphatic rings. The summed E-state index contributed by atoms with van der Waals surface area (Å²) in [6.45, 7) is 4.01. The van der Waals surface area contributed by atoms with Gasteiger partial charge in [0.25, 0.3) is 0 Å². The highest BCUT2D eigenvalue weighted by Crippen LogP contribution is 2.28. The number of rotatable bonds is 5. The average molecular weight is 271 g/mol. The lowest BCUT2D eigenvalue weighted by Crippen LogP contribution is -2.42. The van der Waals surface area contributed by atoms with E-state index in [0.29, 0.717) is 13.0 Å². The standard InChI is InChI=1S/C13H21NO5/c1-13(2,8-11(16)17)7-10(15)14-6-4-5-9(14)12(18)19-3/h9H,4-8H2,1-3H3,(H,16,17). The first kappa shape index (κ1) is 15.5. The van der Waals surface area contributed by atoms with Gasteiger partial charge in [0.1, 0.15) is 6.04 Å². The van der Waals surface area contributed by atoms with E-state index < -0.39 is 23.4 Å². The Morgan fingerprint density at radius 2 is 1.95 bits per heavy atom. The zero-order valence-electron chi connectivity index (χ0n) is 11.6. The van der Waals surface area contributed by atoms with Crippen molar-refractivity contribution in [1.82, 2.24) is 4.90 Å². The van der Waals surface area contributed by atoms with Crippen molar-refractivity contribution in [1.29, 1.82) is 0 Å². The molecule has 0 bridgehead atoms. The number of carbonyl (C=O) groups is 3. The molecule has 19 heavy (non-hydrogen) atoms. The van der Waals surface area contributed by atoms with Crippen LogP contribution in [-0.2, 0) is 19.1 Å². The lowest BCUT2D eigenvalue weighted by molar-refractivity contribution is -0.152. The molecule has 1 amide bonds. The number of nitrogens with zero attached hydrogens (tertiary/aromatic N) is 1. The number of carbonyl (C=O) groups excluding carboxylic acids is 2. The summed E-state index contributed by atoms with van der Waals surface area (Å²) in [5, 5.41) is 8.81. The van der Waals surface area contributed by atoms with E-state index in [0.717, 1.165) is 6.42 Å². The Morgan fingerprint density at radius 3 is 2.47 bits per heavy atom. The van der Waals surface area contributed by atoms with E-state index in [9.17, 15) is 14.4 Å². The number of methoxy groups -OCH3 is 1. The van der Waals surface area contributed by atoms with Gasteiger partial charge in [0, 0.05) is 13.0 Å². The second-order valence-corrected chi connectivity index (χ2v) is 5.68. The van der Waals surface area contributed by atoms with Crippen molar-refractivity contribution in [2.75, 3.05) is 13.7 Å². The van der Waals surface area contributed by atoms with Crippen molar-refractivity contribution in [3.05, 3.63) is 0 Å². The molecular weight excluding hydrogens is 250 g/mol. The highest BCUT2D eigenvalue weighted by atomic mass is 16.5. The van der Waals surface area contributed by atoms with Crippen molar-refractivity contribution in [3.63, 3.8) is 0 Å². The van der Waals surface area contributed by atoms with Crippen LogP contribution in [0.3, 0.4) is 0 Å². The van der Waals surface area contributed by atoms with Crippen LogP contribution in [-0.4, -0.2) is 47.5 Å². The maximum atomic E-state index is 12.2. The minimum atomic E-state index is -0.927. The number of likely N-dealkylation sites (tertiary alicyclic amines) is 1. The first-order chi connectivity index (χ1) is 8.76. The fraction of sp³-hybridized carbons (Fsp3) is 0.769. The normalized spacial score (nSPS) is 19.3. The lowest BCUT2D eigenvalue weighted by atomic mass is 9.85. The zero-order chi connectivity index (χ0) is 14.6. The van der Waals surface area contributed by atoms with Crippen molar-refractivity contribution in [2.45, 2.75) is 45.6 Å². The largest absolute Gasteiger partial charge is 0.481 e. The van der Waals surface area contributed by atoms with Gasteiger partial charge in [0.15, 0.2) is 0 Å². The van der Waals surface area contributed by atoms with Gasteiger partial charge in [-0.2, -0.15) is 0 Å². The Morgan fingerprint density at radius 1 is 1.32 bits per heavy atom. The van der Waals surface area contributed by atoms with Crippen LogP contribution in [0.2, 0.25) is 0 Å². The third-order valence-corrected chi connectivity index (χ3v) is 3.31. The van der Waals surface area contributed by atoms with Crippen LogP contribution in [0.4, 0.5) is 0 Å². The molecule has 0 aromatic carbocycles. The van der Waals surface area contributed by atoms with Gasteiger partial charge in [0.05, 0.1) is 13.5 Å². The molecule has 1 rings (SSSR count). The smallest absolute Gasteiger partial charge is 0.328 e. The fourth-order valence-corrected chi connectivity index (χ4v) is 2.43. The van der Waals surface area contributed by atoms with Crippen LogP contribution in [0.1, 0.15) is 39.5 Å². The van der Waals surface area contributed by atoms with Gasteiger partial charge in [-0.15, -0.1) is 0 Å². The molecule has 1 aliphatic heterocycles. The molecule has 1 heterocycles. The van der Waals surface area contributed by atoms with Crippen molar-refractivity contribution < 1.29 is 24.2 Å². The van der Waals surface area contributed by atoms with E-state index in [1.54, 1.807) is 13.8 Å². The summed E-state index contributed by atoms with van der Waals surface area (Å²) in [5.41, 5.74) is -0.619. The van der Waals surface area contributed by atoms with E-state index in [1.807, 2.05) is 0 Å². The monoisotopic (exact) mass is 271 g/mol. The molecule has 6 nitrogen and oxygen atoms in total. The molecule has 0 spiro atoms. The Bertz CT molecular complexity index is 377. The molecule has 1 atom stereocenters. The second kappa shape index (κ2) is 6.04. The molecule has 1 N–H and O–H groups in total. The SMILES string of the molecule is COC(=O)C1CCCN1C(=O)CC(C)(C)CC(=O)O.